The molecule has 1 fully saturated rings. The van der Waals surface area contributed by atoms with E-state index in [1.54, 1.807) is 23.0 Å². The average molecular weight is 473 g/mol. The van der Waals surface area contributed by atoms with E-state index >= 15 is 0 Å². The van der Waals surface area contributed by atoms with E-state index in [2.05, 4.69) is 30.6 Å². The standard InChI is InChI=1S/C24H26N8O.C2H6/c1-17-6-4-7-20(27-17)22-29-23(21-8-5-14-32(21)30-22)28-19-9-10-25-16-18(19)24(33)26-11-15-31-12-2-3-13-31;1-2/h4-10,14,16H,2-3,11-13,15H2,1H3,(H,26,33)(H,25,28,29,30);1-2H3. The Labute approximate surface area is 205 Å². The van der Waals surface area contributed by atoms with Crippen molar-refractivity contribution in [2.24, 2.45) is 0 Å². The molecule has 0 aromatic carbocycles. The van der Waals surface area contributed by atoms with Gasteiger partial charge < -0.3 is 15.5 Å². The second kappa shape index (κ2) is 11.5. The summed E-state index contributed by atoms with van der Waals surface area (Å²) in [5.74, 6) is 0.923. The third-order valence-corrected chi connectivity index (χ3v) is 5.74. The van der Waals surface area contributed by atoms with Crippen molar-refractivity contribution in [2.75, 3.05) is 31.5 Å². The first-order valence-corrected chi connectivity index (χ1v) is 12.2. The molecule has 0 radical (unpaired) electrons. The van der Waals surface area contributed by atoms with E-state index in [1.807, 2.05) is 57.3 Å². The lowest BCUT2D eigenvalue weighted by molar-refractivity contribution is 0.0950. The molecule has 1 aliphatic rings. The van der Waals surface area contributed by atoms with E-state index in [-0.39, 0.29) is 5.91 Å². The number of hydrogen-bond donors (Lipinski definition) is 2. The van der Waals surface area contributed by atoms with Crippen LogP contribution in [-0.4, -0.2) is 61.6 Å². The van der Waals surface area contributed by atoms with Crippen molar-refractivity contribution in [1.29, 1.82) is 0 Å². The van der Waals surface area contributed by atoms with Crippen molar-refractivity contribution < 1.29 is 4.79 Å². The van der Waals surface area contributed by atoms with Crippen LogP contribution in [0.3, 0.4) is 0 Å². The highest BCUT2D eigenvalue weighted by Crippen LogP contribution is 2.25. The molecule has 182 valence electrons. The van der Waals surface area contributed by atoms with Crippen LogP contribution in [0.2, 0.25) is 0 Å². The van der Waals surface area contributed by atoms with Crippen molar-refractivity contribution in [3.63, 3.8) is 0 Å². The molecule has 4 aromatic rings. The lowest BCUT2D eigenvalue weighted by Gasteiger charge is -2.16. The maximum atomic E-state index is 12.9. The fourth-order valence-electron chi connectivity index (χ4n) is 4.04. The Morgan fingerprint density at radius 3 is 2.69 bits per heavy atom. The molecule has 1 amide bonds. The molecule has 9 heteroatoms. The quantitative estimate of drug-likeness (QED) is 0.418. The number of pyridine rings is 2. The smallest absolute Gasteiger partial charge is 0.255 e. The number of nitrogens with zero attached hydrogens (tertiary/aromatic N) is 6. The summed E-state index contributed by atoms with van der Waals surface area (Å²) in [6.07, 6.45) is 7.56. The molecule has 4 aromatic heterocycles. The number of fused-ring (bicyclic) bond motifs is 1. The molecule has 0 spiro atoms. The third-order valence-electron chi connectivity index (χ3n) is 5.74. The minimum absolute atomic E-state index is 0.161. The number of carbonyl (C=O) groups is 1. The number of carbonyl (C=O) groups excluding carboxylic acids is 1. The van der Waals surface area contributed by atoms with Crippen LogP contribution in [0.15, 0.2) is 55.0 Å². The highest BCUT2D eigenvalue weighted by molar-refractivity contribution is 6.00. The van der Waals surface area contributed by atoms with Gasteiger partial charge in [-0.15, -0.1) is 5.10 Å². The Bertz CT molecular complexity index is 1280. The number of aryl methyl sites for hydroxylation is 1. The monoisotopic (exact) mass is 472 g/mol. The van der Waals surface area contributed by atoms with Crippen molar-refractivity contribution in [3.05, 3.63) is 66.2 Å². The SMILES string of the molecule is CC.Cc1cccc(-c2nc(Nc3ccncc3C(=O)NCCN3CCCC3)c3cccn3n2)n1. The molecule has 35 heavy (non-hydrogen) atoms. The van der Waals surface area contributed by atoms with E-state index in [0.717, 1.165) is 30.8 Å². The van der Waals surface area contributed by atoms with Gasteiger partial charge in [0.2, 0.25) is 5.82 Å². The minimum Gasteiger partial charge on any atom is -0.351 e. The zero-order valence-electron chi connectivity index (χ0n) is 20.5. The summed E-state index contributed by atoms with van der Waals surface area (Å²) in [4.78, 5) is 28.7. The van der Waals surface area contributed by atoms with Crippen molar-refractivity contribution in [2.45, 2.75) is 33.6 Å². The molecule has 0 aliphatic carbocycles. The van der Waals surface area contributed by atoms with E-state index in [9.17, 15) is 4.79 Å². The molecule has 5 heterocycles. The van der Waals surface area contributed by atoms with Gasteiger partial charge in [-0.05, 0) is 63.2 Å². The molecular weight excluding hydrogens is 440 g/mol. The Hall–Kier alpha value is -3.85. The fraction of sp³-hybridized carbons (Fsp3) is 0.346. The molecule has 0 atom stereocenters. The first kappa shape index (κ1) is 24.3. The summed E-state index contributed by atoms with van der Waals surface area (Å²) in [7, 11) is 0. The predicted molar refractivity (Wildman–Crippen MR) is 138 cm³/mol. The first-order valence-electron chi connectivity index (χ1n) is 12.2. The number of aromatic nitrogens is 5. The number of anilines is 2. The predicted octanol–water partition coefficient (Wildman–Crippen LogP) is 4.09. The molecular formula is C26H32N8O. The lowest BCUT2D eigenvalue weighted by Crippen LogP contribution is -2.33. The van der Waals surface area contributed by atoms with Gasteiger partial charge in [0.25, 0.3) is 5.91 Å². The summed E-state index contributed by atoms with van der Waals surface area (Å²) in [6.45, 7) is 9.61. The highest BCUT2D eigenvalue weighted by Gasteiger charge is 2.17. The Morgan fingerprint density at radius 2 is 1.89 bits per heavy atom. The van der Waals surface area contributed by atoms with Crippen LogP contribution in [0.25, 0.3) is 17.0 Å². The van der Waals surface area contributed by atoms with Crippen LogP contribution < -0.4 is 10.6 Å². The van der Waals surface area contributed by atoms with Gasteiger partial charge in [0.1, 0.15) is 11.2 Å². The average Bonchev–Trinajstić information content (AvgIpc) is 3.58. The van der Waals surface area contributed by atoms with Gasteiger partial charge >= 0.3 is 0 Å². The normalized spacial score (nSPS) is 13.3. The largest absolute Gasteiger partial charge is 0.351 e. The molecule has 1 aliphatic heterocycles. The van der Waals surface area contributed by atoms with Gasteiger partial charge in [-0.1, -0.05) is 19.9 Å². The molecule has 0 saturated carbocycles. The molecule has 2 N–H and O–H groups in total. The van der Waals surface area contributed by atoms with Crippen molar-refractivity contribution in [1.82, 2.24) is 34.8 Å². The number of rotatable bonds is 7. The minimum atomic E-state index is -0.161. The zero-order valence-corrected chi connectivity index (χ0v) is 20.5. The van der Waals surface area contributed by atoms with Crippen LogP contribution in [0, 0.1) is 6.92 Å². The highest BCUT2D eigenvalue weighted by atomic mass is 16.1. The van der Waals surface area contributed by atoms with Gasteiger partial charge in [-0.2, -0.15) is 0 Å². The number of amides is 1. The van der Waals surface area contributed by atoms with E-state index < -0.39 is 0 Å². The molecule has 1 saturated heterocycles. The van der Waals surface area contributed by atoms with Gasteiger partial charge in [-0.25, -0.2) is 14.5 Å². The van der Waals surface area contributed by atoms with Crippen molar-refractivity contribution >= 4 is 22.9 Å². The summed E-state index contributed by atoms with van der Waals surface area (Å²) >= 11 is 0. The van der Waals surface area contributed by atoms with Gasteiger partial charge in [-0.3, -0.25) is 9.78 Å². The summed E-state index contributed by atoms with van der Waals surface area (Å²) in [5, 5.41) is 10.9. The first-order chi connectivity index (χ1) is 17.2. The van der Waals surface area contributed by atoms with Gasteiger partial charge in [0.05, 0.1) is 11.3 Å². The summed E-state index contributed by atoms with van der Waals surface area (Å²) in [6, 6.07) is 11.4. The van der Waals surface area contributed by atoms with Crippen LogP contribution >= 0.6 is 0 Å². The van der Waals surface area contributed by atoms with E-state index in [1.165, 1.54) is 12.8 Å². The number of nitrogens with one attached hydrogen (secondary N) is 2. The van der Waals surface area contributed by atoms with Crippen LogP contribution in [0.4, 0.5) is 11.5 Å². The maximum Gasteiger partial charge on any atom is 0.255 e. The van der Waals surface area contributed by atoms with Crippen LogP contribution in [0.1, 0.15) is 42.7 Å². The number of likely N-dealkylation sites (tertiary alicyclic amines) is 1. The van der Waals surface area contributed by atoms with Crippen LogP contribution in [0.5, 0.6) is 0 Å². The Balaban J connectivity index is 0.00000141. The Kier molecular flexibility index (Phi) is 7.99. The Morgan fingerprint density at radius 1 is 1.06 bits per heavy atom. The summed E-state index contributed by atoms with van der Waals surface area (Å²) in [5.41, 5.74) is 3.47. The number of hydrogen-bond acceptors (Lipinski definition) is 7. The third kappa shape index (κ3) is 5.81. The van der Waals surface area contributed by atoms with Crippen LogP contribution in [-0.2, 0) is 0 Å². The molecule has 9 nitrogen and oxygen atoms in total. The second-order valence-electron chi connectivity index (χ2n) is 8.14. The van der Waals surface area contributed by atoms with Gasteiger partial charge in [0.15, 0.2) is 5.82 Å². The molecule has 5 rings (SSSR count). The van der Waals surface area contributed by atoms with Crippen molar-refractivity contribution in [3.8, 4) is 11.5 Å². The second-order valence-corrected chi connectivity index (χ2v) is 8.14. The van der Waals surface area contributed by atoms with E-state index in [0.29, 0.717) is 35.1 Å². The van der Waals surface area contributed by atoms with Gasteiger partial charge in [0, 0.05) is 37.4 Å². The zero-order chi connectivity index (χ0) is 24.6. The molecule has 0 unspecified atom stereocenters. The summed E-state index contributed by atoms with van der Waals surface area (Å²) < 4.78 is 1.76. The molecule has 0 bridgehead atoms. The lowest BCUT2D eigenvalue weighted by atomic mass is 10.2. The van der Waals surface area contributed by atoms with E-state index in [4.69, 9.17) is 4.98 Å². The fourth-order valence-corrected chi connectivity index (χ4v) is 4.04. The topological polar surface area (TPSA) is 100 Å². The maximum absolute atomic E-state index is 12.9.